The van der Waals surface area contributed by atoms with Gasteiger partial charge in [0.25, 0.3) is 0 Å². The molecule has 79 heavy (non-hydrogen) atoms. The van der Waals surface area contributed by atoms with E-state index in [0.717, 1.165) is 11.2 Å². The summed E-state index contributed by atoms with van der Waals surface area (Å²) >= 11 is 0. The molecule has 0 saturated carbocycles. The van der Waals surface area contributed by atoms with Crippen molar-refractivity contribution in [3.05, 3.63) is 0 Å². The molecule has 1 heterocycles. The van der Waals surface area contributed by atoms with Crippen LogP contribution in [0.5, 0.6) is 0 Å². The van der Waals surface area contributed by atoms with Gasteiger partial charge in [0.05, 0.1) is 0 Å². The Kier molecular flexibility index (Phi) is 14.3. The molecule has 10 rings (SSSR count). The fourth-order valence-corrected chi connectivity index (χ4v) is 15.9. The lowest BCUT2D eigenvalue weighted by atomic mass is 9.54. The van der Waals surface area contributed by atoms with Gasteiger partial charge in [-0.25, -0.2) is 0 Å². The van der Waals surface area contributed by atoms with Gasteiger partial charge >= 0.3 is 0 Å². The summed E-state index contributed by atoms with van der Waals surface area (Å²) in [6, 6.07) is 0. The molecule has 0 saturated heterocycles. The summed E-state index contributed by atoms with van der Waals surface area (Å²) in [5, 5.41) is 10.8. The zero-order valence-corrected chi connectivity index (χ0v) is 54.4. The average Bonchev–Trinajstić information content (AvgIpc) is 3.87. The average molecular weight is 977 g/mol. The topological polar surface area (TPSA) is 13.1 Å². The maximum atomic E-state index is 7.33. The van der Waals surface area contributed by atoms with Gasteiger partial charge in [0.1, 0.15) is 247 Å². The monoisotopic (exact) mass is 983 g/mol. The van der Waals surface area contributed by atoms with Crippen molar-refractivity contribution >= 4 is 454 Å². The van der Waals surface area contributed by atoms with Crippen molar-refractivity contribution in [3.8, 4) is 44.5 Å². The van der Waals surface area contributed by atoms with E-state index in [-0.39, 0.29) is 0 Å². The third-order valence-corrected chi connectivity index (χ3v) is 22.8. The van der Waals surface area contributed by atoms with Crippen LogP contribution in [0.15, 0.2) is 4.42 Å². The molecule has 31 heteroatoms. The predicted octanol–water partition coefficient (Wildman–Crippen LogP) is -38.5. The Labute approximate surface area is 498 Å². The van der Waals surface area contributed by atoms with Gasteiger partial charge in [-0.3, -0.25) is 0 Å². The van der Waals surface area contributed by atoms with Crippen LogP contribution in [0.2, 0.25) is 0 Å². The van der Waals surface area contributed by atoms with Gasteiger partial charge in [-0.15, -0.1) is 65.6 Å². The highest BCUT2D eigenvalue weighted by molar-refractivity contribution is 6.77. The number of rotatable bonds is 4. The first-order valence-electron chi connectivity index (χ1n) is 29.4. The molecule has 0 spiro atoms. The zero-order valence-electron chi connectivity index (χ0n) is 54.4. The second-order valence-electron chi connectivity index (χ2n) is 25.5. The van der Waals surface area contributed by atoms with Crippen molar-refractivity contribution in [1.29, 1.82) is 0 Å². The van der Waals surface area contributed by atoms with E-state index in [2.05, 4.69) is 235 Å². The van der Waals surface area contributed by atoms with E-state index in [4.69, 9.17) is 4.42 Å². The minimum atomic E-state index is 1.02. The van der Waals surface area contributed by atoms with Crippen LogP contribution < -0.4 is 164 Å². The first-order valence-corrected chi connectivity index (χ1v) is 29.4. The van der Waals surface area contributed by atoms with Crippen molar-refractivity contribution in [3.63, 3.8) is 0 Å². The Hall–Kier alpha value is -4.49. The molecule has 10 aromatic rings. The molecule has 0 aliphatic heterocycles. The highest BCUT2D eigenvalue weighted by Crippen LogP contribution is 2.41. The molecule has 0 radical (unpaired) electrons. The second kappa shape index (κ2) is 19.6. The van der Waals surface area contributed by atoms with E-state index in [0.29, 0.717) is 0 Å². The Balaban J connectivity index is 1.56. The first kappa shape index (κ1) is 57.7. The third-order valence-electron chi connectivity index (χ3n) is 22.8. The molecule has 0 atom stereocenters. The van der Waals surface area contributed by atoms with Crippen molar-refractivity contribution < 1.29 is 4.42 Å². The van der Waals surface area contributed by atoms with Crippen LogP contribution in [0.3, 0.4) is 0 Å². The van der Waals surface area contributed by atoms with Crippen LogP contribution in [-0.4, -0.2) is 235 Å². The lowest BCUT2D eigenvalue weighted by Crippen LogP contribution is -2.57. The van der Waals surface area contributed by atoms with Crippen molar-refractivity contribution in [1.82, 2.24) is 0 Å². The van der Waals surface area contributed by atoms with Gasteiger partial charge in [-0.2, -0.15) is 0 Å². The van der Waals surface area contributed by atoms with Gasteiger partial charge < -0.3 is 4.42 Å². The van der Waals surface area contributed by atoms with E-state index in [9.17, 15) is 0 Å². The van der Waals surface area contributed by atoms with Crippen LogP contribution in [0.25, 0.3) is 98.8 Å². The highest BCUT2D eigenvalue weighted by atomic mass is 16.3. The van der Waals surface area contributed by atoms with E-state index in [1.807, 2.05) is 0 Å². The summed E-state index contributed by atoms with van der Waals surface area (Å²) in [4.78, 5) is 0. The van der Waals surface area contributed by atoms with E-state index in [1.165, 1.54) is 251 Å². The predicted molar refractivity (Wildman–Crippen MR) is 453 cm³/mol. The van der Waals surface area contributed by atoms with Crippen molar-refractivity contribution in [2.24, 2.45) is 0 Å². The Morgan fingerprint density at radius 3 is 0.633 bits per heavy atom. The normalized spacial score (nSPS) is 11.8. The van der Waals surface area contributed by atoms with Gasteiger partial charge in [0.15, 0.2) is 0 Å². The molecule has 0 fully saturated rings. The van der Waals surface area contributed by atoms with Gasteiger partial charge in [0, 0.05) is 10.8 Å². The molecule has 9 aromatic carbocycles. The maximum Gasteiger partial charge on any atom is 0.143 e. The van der Waals surface area contributed by atoms with Crippen LogP contribution in [0.4, 0.5) is 0 Å². The van der Waals surface area contributed by atoms with Crippen LogP contribution >= 0.6 is 0 Å². The van der Waals surface area contributed by atoms with E-state index in [1.54, 1.807) is 0 Å². The molecule has 0 unspecified atom stereocenters. The quantitative estimate of drug-likeness (QED) is 0.127. The van der Waals surface area contributed by atoms with Crippen LogP contribution in [-0.2, 0) is 0 Å². The van der Waals surface area contributed by atoms with E-state index < -0.39 is 0 Å². The Morgan fingerprint density at radius 1 is 0.114 bits per heavy atom. The molecular formula is C48H60B30O. The summed E-state index contributed by atoms with van der Waals surface area (Å²) in [5.41, 5.74) is 54.0. The molecule has 0 N–H and O–H groups in total. The fourth-order valence-electron chi connectivity index (χ4n) is 15.9. The minimum absolute atomic E-state index is 1.02. The van der Waals surface area contributed by atoms with Crippen molar-refractivity contribution in [2.75, 3.05) is 0 Å². The van der Waals surface area contributed by atoms with E-state index >= 15 is 0 Å². The number of hydrogen-bond acceptors (Lipinski definition) is 1. The molecule has 0 aliphatic carbocycles. The number of furan rings is 1. The molecule has 0 aliphatic rings. The summed E-state index contributed by atoms with van der Waals surface area (Å²) in [6.45, 7) is 0. The van der Waals surface area contributed by atoms with Gasteiger partial charge in [0.2, 0.25) is 0 Å². The lowest BCUT2D eigenvalue weighted by Gasteiger charge is -2.33. The summed E-state index contributed by atoms with van der Waals surface area (Å²) in [5.74, 6) is 0. The minimum Gasteiger partial charge on any atom is -0.457 e. The standard InChI is InChI=1S/C48H60B30O/c49-17-9(18(50)13(15-29(61)41(73)44(76)42(74)30(15)62)19(51)12(17)14-27(59)39(71)43(75)40(72)28(14)60)1-3-5(23(55)35(67)33(65)21(3)53)2(6-4(1)22(54)34(66)36(68)24(6)56)10-20(52)16-8-7-11(26(58)38(70)37(69)25(7)57)32(64)45(77)47(8)79-48(16)46(78)31(10)63/h49-78H2. The SMILES string of the molecule is Bc1c(B)c(B)c(-c2c(B)c(-c3c(B)c(B)c(B)c(B)c3B)c(B)c(-c3c4c(B)c(B)c(B)c(B)c4c(-c4c(B)c(B)c5oc6c(B)c(B)c7c(B)c(B)c(B)c(B)c7c6c5c4B)c4c(B)c(B)c(B)c(B)c34)c2B)c(B)c1B. The number of benzene rings is 9. The molecule has 1 nitrogen and oxygen atoms in total. The zero-order chi connectivity index (χ0) is 58.4. The molecule has 1 aromatic heterocycles. The second-order valence-corrected chi connectivity index (χ2v) is 25.5. The van der Waals surface area contributed by atoms with Gasteiger partial charge in [-0.1, -0.05) is 98.3 Å². The fraction of sp³-hybridized carbons (Fsp3) is 0. The lowest BCUT2D eigenvalue weighted by molar-refractivity contribution is 0.675. The van der Waals surface area contributed by atoms with Gasteiger partial charge in [-0.05, 0) is 76.8 Å². The molecule has 348 valence electrons. The molecule has 0 amide bonds. The largest absolute Gasteiger partial charge is 0.457 e. The molecule has 0 bridgehead atoms. The summed E-state index contributed by atoms with van der Waals surface area (Å²) < 4.78 is 7.33. The Bertz CT molecular complexity index is 4360. The maximum absolute atomic E-state index is 7.33. The smallest absolute Gasteiger partial charge is 0.143 e. The third kappa shape index (κ3) is 7.52. The van der Waals surface area contributed by atoms with Crippen LogP contribution in [0, 0.1) is 0 Å². The molecular weight excluding hydrogens is 917 g/mol. The highest BCUT2D eigenvalue weighted by Gasteiger charge is 2.33. The number of hydrogen-bond donors (Lipinski definition) is 0. The summed E-state index contributed by atoms with van der Waals surface area (Å²) in [6.07, 6.45) is 0. The van der Waals surface area contributed by atoms with Crippen molar-refractivity contribution in [2.45, 2.75) is 0 Å². The summed E-state index contributed by atoms with van der Waals surface area (Å²) in [7, 11) is 71.4. The first-order chi connectivity index (χ1) is 36.8. The Morgan fingerprint density at radius 2 is 0.304 bits per heavy atom. The number of fused-ring (bicyclic) bond motifs is 7. The van der Waals surface area contributed by atoms with Crippen LogP contribution in [0.1, 0.15) is 0 Å².